The zero-order valence-electron chi connectivity index (χ0n) is 16.1. The molecular weight excluding hydrogens is 350 g/mol. The van der Waals surface area contributed by atoms with E-state index in [1.165, 1.54) is 0 Å². The highest BCUT2D eigenvalue weighted by Crippen LogP contribution is 2.27. The highest BCUT2D eigenvalue weighted by molar-refractivity contribution is 5.90. The molecule has 1 unspecified atom stereocenters. The first-order valence-electron chi connectivity index (χ1n) is 9.46. The van der Waals surface area contributed by atoms with Gasteiger partial charge in [-0.3, -0.25) is 14.6 Å². The van der Waals surface area contributed by atoms with E-state index in [1.54, 1.807) is 4.90 Å². The fourth-order valence-electron chi connectivity index (χ4n) is 4.12. The molecule has 1 atom stereocenters. The van der Waals surface area contributed by atoms with Crippen molar-refractivity contribution in [3.63, 3.8) is 0 Å². The number of para-hydroxylation sites is 1. The van der Waals surface area contributed by atoms with Crippen LogP contribution in [0.2, 0.25) is 0 Å². The lowest BCUT2D eigenvalue weighted by Gasteiger charge is -2.35. The number of carbonyl (C=O) groups is 2. The molecule has 0 saturated heterocycles. The zero-order valence-corrected chi connectivity index (χ0v) is 16.1. The van der Waals surface area contributed by atoms with E-state index in [9.17, 15) is 9.59 Å². The molecule has 0 fully saturated rings. The Labute approximate surface area is 164 Å². The number of primary amides is 1. The highest BCUT2D eigenvalue weighted by Gasteiger charge is 2.33. The van der Waals surface area contributed by atoms with Crippen LogP contribution < -0.4 is 5.73 Å². The average Bonchev–Trinajstić information content (AvgIpc) is 2.70. The standard InChI is InChI=1S/C23H23N3O2/c1-14-18-9-5-6-10-20(18)25-15(2)19(14)12-22(27)26-13-17-8-4-3-7-16(17)11-21(26)23(24)28/h3-10,21H,11-13H2,1-2H3,(H2,24,28). The van der Waals surface area contributed by atoms with Gasteiger partial charge in [-0.15, -0.1) is 0 Å². The molecule has 2 amide bonds. The molecule has 28 heavy (non-hydrogen) atoms. The topological polar surface area (TPSA) is 76.3 Å². The van der Waals surface area contributed by atoms with Crippen LogP contribution in [-0.2, 0) is 29.0 Å². The van der Waals surface area contributed by atoms with Crippen LogP contribution in [0.5, 0.6) is 0 Å². The summed E-state index contributed by atoms with van der Waals surface area (Å²) in [5.41, 5.74) is 11.5. The number of aryl methyl sites for hydroxylation is 2. The highest BCUT2D eigenvalue weighted by atomic mass is 16.2. The molecule has 1 aliphatic rings. The number of nitrogens with zero attached hydrogens (tertiary/aromatic N) is 2. The van der Waals surface area contributed by atoms with Gasteiger partial charge >= 0.3 is 0 Å². The molecule has 0 bridgehead atoms. The van der Waals surface area contributed by atoms with E-state index in [0.29, 0.717) is 13.0 Å². The molecule has 0 aliphatic carbocycles. The summed E-state index contributed by atoms with van der Waals surface area (Å²) in [7, 11) is 0. The van der Waals surface area contributed by atoms with E-state index in [4.69, 9.17) is 5.73 Å². The van der Waals surface area contributed by atoms with E-state index in [2.05, 4.69) is 4.98 Å². The molecule has 0 saturated carbocycles. The third-order valence-electron chi connectivity index (χ3n) is 5.71. The summed E-state index contributed by atoms with van der Waals surface area (Å²) in [6.45, 7) is 4.36. The molecule has 2 heterocycles. The van der Waals surface area contributed by atoms with Gasteiger partial charge in [0, 0.05) is 24.0 Å². The summed E-state index contributed by atoms with van der Waals surface area (Å²) in [4.78, 5) is 31.6. The molecule has 5 nitrogen and oxygen atoms in total. The van der Waals surface area contributed by atoms with E-state index >= 15 is 0 Å². The summed E-state index contributed by atoms with van der Waals surface area (Å²) in [6, 6.07) is 15.2. The smallest absolute Gasteiger partial charge is 0.240 e. The van der Waals surface area contributed by atoms with E-state index in [1.807, 2.05) is 62.4 Å². The summed E-state index contributed by atoms with van der Waals surface area (Å²) in [6.07, 6.45) is 0.673. The molecule has 2 aromatic carbocycles. The van der Waals surface area contributed by atoms with Crippen molar-refractivity contribution in [1.82, 2.24) is 9.88 Å². The molecule has 5 heteroatoms. The molecule has 0 radical (unpaired) electrons. The minimum atomic E-state index is -0.614. The SMILES string of the molecule is Cc1nc2ccccc2c(C)c1CC(=O)N1Cc2ccccc2CC1C(N)=O. The quantitative estimate of drug-likeness (QED) is 0.767. The second-order valence-corrected chi connectivity index (χ2v) is 7.41. The van der Waals surface area contributed by atoms with Gasteiger partial charge in [-0.05, 0) is 42.2 Å². The Hall–Kier alpha value is -3.21. The van der Waals surface area contributed by atoms with Gasteiger partial charge < -0.3 is 10.6 Å². The van der Waals surface area contributed by atoms with Crippen molar-refractivity contribution in [2.45, 2.75) is 39.3 Å². The third kappa shape index (κ3) is 3.13. The van der Waals surface area contributed by atoms with Gasteiger partial charge in [-0.1, -0.05) is 42.5 Å². The second-order valence-electron chi connectivity index (χ2n) is 7.41. The lowest BCUT2D eigenvalue weighted by atomic mass is 9.92. The first-order valence-corrected chi connectivity index (χ1v) is 9.46. The Morgan fingerprint density at radius 1 is 1.07 bits per heavy atom. The number of rotatable bonds is 3. The van der Waals surface area contributed by atoms with Crippen LogP contribution in [0.4, 0.5) is 0 Å². The van der Waals surface area contributed by atoms with Crippen molar-refractivity contribution in [2.75, 3.05) is 0 Å². The maximum atomic E-state index is 13.2. The van der Waals surface area contributed by atoms with E-state index in [0.717, 1.165) is 38.9 Å². The Kier molecular flexibility index (Phi) is 4.59. The van der Waals surface area contributed by atoms with Gasteiger partial charge in [-0.25, -0.2) is 0 Å². The molecular formula is C23H23N3O2. The van der Waals surface area contributed by atoms with Crippen LogP contribution in [0.15, 0.2) is 48.5 Å². The Bertz CT molecular complexity index is 1090. The van der Waals surface area contributed by atoms with Crippen molar-refractivity contribution >= 4 is 22.7 Å². The van der Waals surface area contributed by atoms with Gasteiger partial charge in [0.05, 0.1) is 11.9 Å². The minimum absolute atomic E-state index is 0.0958. The summed E-state index contributed by atoms with van der Waals surface area (Å²) in [5.74, 6) is -0.561. The molecule has 0 spiro atoms. The third-order valence-corrected chi connectivity index (χ3v) is 5.71. The van der Waals surface area contributed by atoms with Crippen LogP contribution in [-0.4, -0.2) is 27.7 Å². The van der Waals surface area contributed by atoms with Crippen molar-refractivity contribution in [3.8, 4) is 0 Å². The van der Waals surface area contributed by atoms with E-state index < -0.39 is 11.9 Å². The van der Waals surface area contributed by atoms with Crippen LogP contribution in [0, 0.1) is 13.8 Å². The van der Waals surface area contributed by atoms with Gasteiger partial charge in [0.25, 0.3) is 0 Å². The van der Waals surface area contributed by atoms with Gasteiger partial charge in [0.1, 0.15) is 6.04 Å². The molecule has 142 valence electrons. The Balaban J connectivity index is 1.68. The van der Waals surface area contributed by atoms with Crippen LogP contribution in [0.1, 0.15) is 27.9 Å². The number of hydrogen-bond donors (Lipinski definition) is 1. The number of hydrogen-bond acceptors (Lipinski definition) is 3. The lowest BCUT2D eigenvalue weighted by Crippen LogP contribution is -2.51. The van der Waals surface area contributed by atoms with Crippen molar-refractivity contribution in [1.29, 1.82) is 0 Å². The minimum Gasteiger partial charge on any atom is -0.368 e. The largest absolute Gasteiger partial charge is 0.368 e. The molecule has 2 N–H and O–H groups in total. The molecule has 4 rings (SSSR count). The van der Waals surface area contributed by atoms with Crippen molar-refractivity contribution in [2.24, 2.45) is 5.73 Å². The number of carbonyl (C=O) groups excluding carboxylic acids is 2. The lowest BCUT2D eigenvalue weighted by molar-refractivity contribution is -0.140. The van der Waals surface area contributed by atoms with Gasteiger partial charge in [0.15, 0.2) is 0 Å². The first kappa shape index (κ1) is 18.2. The van der Waals surface area contributed by atoms with Gasteiger partial charge in [0.2, 0.25) is 11.8 Å². The van der Waals surface area contributed by atoms with Crippen LogP contribution in [0.3, 0.4) is 0 Å². The van der Waals surface area contributed by atoms with Crippen LogP contribution in [0.25, 0.3) is 10.9 Å². The number of nitrogens with two attached hydrogens (primary N) is 1. The summed E-state index contributed by atoms with van der Waals surface area (Å²) >= 11 is 0. The Morgan fingerprint density at radius 2 is 1.75 bits per heavy atom. The maximum absolute atomic E-state index is 13.2. The zero-order chi connectivity index (χ0) is 19.8. The number of pyridine rings is 1. The van der Waals surface area contributed by atoms with E-state index in [-0.39, 0.29) is 12.3 Å². The summed E-state index contributed by atoms with van der Waals surface area (Å²) < 4.78 is 0. The maximum Gasteiger partial charge on any atom is 0.240 e. The second kappa shape index (κ2) is 7.08. The average molecular weight is 373 g/mol. The van der Waals surface area contributed by atoms with Crippen LogP contribution >= 0.6 is 0 Å². The fourth-order valence-corrected chi connectivity index (χ4v) is 4.12. The molecule has 1 aliphatic heterocycles. The number of fused-ring (bicyclic) bond motifs is 2. The predicted molar refractivity (Wildman–Crippen MR) is 109 cm³/mol. The number of benzene rings is 2. The monoisotopic (exact) mass is 373 g/mol. The molecule has 3 aromatic rings. The van der Waals surface area contributed by atoms with Crippen molar-refractivity contribution < 1.29 is 9.59 Å². The normalized spacial score (nSPS) is 16.1. The number of aromatic nitrogens is 1. The molecule has 1 aromatic heterocycles. The van der Waals surface area contributed by atoms with Gasteiger partial charge in [-0.2, -0.15) is 0 Å². The predicted octanol–water partition coefficient (Wildman–Crippen LogP) is 2.83. The summed E-state index contributed by atoms with van der Waals surface area (Å²) in [5, 5.41) is 1.05. The Morgan fingerprint density at radius 3 is 2.50 bits per heavy atom. The number of amides is 2. The fraction of sp³-hybridized carbons (Fsp3) is 0.261. The first-order chi connectivity index (χ1) is 13.5. The van der Waals surface area contributed by atoms with Crippen molar-refractivity contribution in [3.05, 3.63) is 76.5 Å².